The van der Waals surface area contributed by atoms with Gasteiger partial charge in [0, 0.05) is 24.8 Å². The van der Waals surface area contributed by atoms with E-state index in [2.05, 4.69) is 14.8 Å². The molecule has 2 aromatic carbocycles. The molecule has 4 aromatic rings. The Kier molecular flexibility index (Phi) is 5.89. The maximum atomic E-state index is 16.6. The Hall–Kier alpha value is -3.03. The van der Waals surface area contributed by atoms with Crippen LogP contribution in [0.5, 0.6) is 6.01 Å². The number of nitrogens with zero attached hydrogens (tertiary/aromatic N) is 5. The Morgan fingerprint density at radius 3 is 2.55 bits per heavy atom. The zero-order valence-electron chi connectivity index (χ0n) is 22.6. The molecule has 6 nitrogen and oxygen atoms in total. The fourth-order valence-electron chi connectivity index (χ4n) is 8.03. The minimum Gasteiger partial charge on any atom is -0.461 e. The van der Waals surface area contributed by atoms with Crippen molar-refractivity contribution in [3.05, 3.63) is 53.4 Å². The van der Waals surface area contributed by atoms with E-state index in [1.165, 1.54) is 32.1 Å². The molecule has 1 aliphatic carbocycles. The van der Waals surface area contributed by atoms with Gasteiger partial charge in [-0.3, -0.25) is 9.88 Å². The Balaban J connectivity index is 1.26. The summed E-state index contributed by atoms with van der Waals surface area (Å²) in [5, 5.41) is 2.94. The first kappa shape index (κ1) is 24.7. The van der Waals surface area contributed by atoms with Crippen molar-refractivity contribution in [1.29, 1.82) is 0 Å². The summed E-state index contributed by atoms with van der Waals surface area (Å²) in [6, 6.07) is 11.9. The average molecular weight is 558 g/mol. The lowest BCUT2D eigenvalue weighted by atomic mass is 9.95. The summed E-state index contributed by atoms with van der Waals surface area (Å²) in [7, 11) is 0. The summed E-state index contributed by atoms with van der Waals surface area (Å²) in [6.45, 7) is 4.65. The molecule has 40 heavy (non-hydrogen) atoms. The van der Waals surface area contributed by atoms with E-state index in [0.717, 1.165) is 55.6 Å². The van der Waals surface area contributed by atoms with Gasteiger partial charge in [-0.05, 0) is 86.7 Å². The minimum atomic E-state index is -0.481. The summed E-state index contributed by atoms with van der Waals surface area (Å²) >= 11 is 6.68. The highest BCUT2D eigenvalue weighted by Crippen LogP contribution is 2.43. The Labute approximate surface area is 238 Å². The van der Waals surface area contributed by atoms with Gasteiger partial charge in [0.25, 0.3) is 0 Å². The van der Waals surface area contributed by atoms with Gasteiger partial charge in [-0.2, -0.15) is 9.97 Å². The first-order valence-electron chi connectivity index (χ1n) is 14.7. The second-order valence-corrected chi connectivity index (χ2v) is 12.7. The van der Waals surface area contributed by atoms with E-state index in [4.69, 9.17) is 26.3 Å². The van der Waals surface area contributed by atoms with Crippen LogP contribution in [0.25, 0.3) is 32.9 Å². The highest BCUT2D eigenvalue weighted by Gasteiger charge is 2.45. The highest BCUT2D eigenvalue weighted by atomic mass is 35.5. The molecular weight excluding hydrogens is 525 g/mol. The molecule has 2 bridgehead atoms. The lowest BCUT2D eigenvalue weighted by Gasteiger charge is -2.34. The highest BCUT2D eigenvalue weighted by molar-refractivity contribution is 6.35. The quantitative estimate of drug-likeness (QED) is 0.266. The van der Waals surface area contributed by atoms with Crippen LogP contribution in [-0.2, 0) is 0 Å². The zero-order chi connectivity index (χ0) is 26.8. The molecule has 0 radical (unpaired) electrons. The number of halogens is 2. The number of rotatable bonds is 5. The molecule has 2 unspecified atom stereocenters. The van der Waals surface area contributed by atoms with Gasteiger partial charge in [-0.1, -0.05) is 41.9 Å². The molecule has 0 spiro atoms. The minimum absolute atomic E-state index is 0.0567. The first-order valence-corrected chi connectivity index (χ1v) is 15.1. The van der Waals surface area contributed by atoms with Crippen LogP contribution in [0, 0.1) is 17.7 Å². The number of piperidine rings is 1. The Bertz CT molecular complexity index is 1610. The van der Waals surface area contributed by atoms with E-state index in [9.17, 15) is 0 Å². The van der Waals surface area contributed by atoms with Crippen LogP contribution in [0.3, 0.4) is 0 Å². The van der Waals surface area contributed by atoms with Crippen molar-refractivity contribution < 1.29 is 9.13 Å². The van der Waals surface area contributed by atoms with Crippen LogP contribution in [0.2, 0.25) is 5.02 Å². The van der Waals surface area contributed by atoms with E-state index in [1.54, 1.807) is 6.20 Å². The molecule has 3 saturated heterocycles. The lowest BCUT2D eigenvalue weighted by Crippen LogP contribution is -2.43. The number of benzene rings is 2. The van der Waals surface area contributed by atoms with E-state index < -0.39 is 5.82 Å². The molecule has 8 heteroatoms. The summed E-state index contributed by atoms with van der Waals surface area (Å²) in [6.07, 6.45) is 10.2. The monoisotopic (exact) mass is 557 g/mol. The van der Waals surface area contributed by atoms with Crippen LogP contribution in [0.4, 0.5) is 10.2 Å². The molecule has 2 atom stereocenters. The van der Waals surface area contributed by atoms with Crippen molar-refractivity contribution >= 4 is 39.1 Å². The lowest BCUT2D eigenvalue weighted by molar-refractivity contribution is 0.108. The maximum Gasteiger partial charge on any atom is 0.319 e. The number of aromatic nitrogens is 3. The molecule has 8 rings (SSSR count). The largest absolute Gasteiger partial charge is 0.461 e. The third-order valence-electron chi connectivity index (χ3n) is 9.95. The van der Waals surface area contributed by atoms with Gasteiger partial charge in [-0.15, -0.1) is 0 Å². The molecule has 0 N–H and O–H groups in total. The van der Waals surface area contributed by atoms with Gasteiger partial charge >= 0.3 is 6.01 Å². The number of hydrogen-bond acceptors (Lipinski definition) is 6. The second kappa shape index (κ2) is 9.52. The smallest absolute Gasteiger partial charge is 0.319 e. The van der Waals surface area contributed by atoms with Crippen molar-refractivity contribution in [3.63, 3.8) is 0 Å². The van der Waals surface area contributed by atoms with Crippen LogP contribution in [0.15, 0.2) is 42.6 Å². The van der Waals surface area contributed by atoms with E-state index in [0.29, 0.717) is 34.4 Å². The summed E-state index contributed by atoms with van der Waals surface area (Å²) in [5.41, 5.74) is 1.10. The van der Waals surface area contributed by atoms with Gasteiger partial charge < -0.3 is 9.64 Å². The normalized spacial score (nSPS) is 23.8. The third-order valence-corrected chi connectivity index (χ3v) is 10.3. The predicted molar refractivity (Wildman–Crippen MR) is 157 cm³/mol. The summed E-state index contributed by atoms with van der Waals surface area (Å²) < 4.78 is 23.0. The average Bonchev–Trinajstić information content (AvgIpc) is 3.66. The first-order chi connectivity index (χ1) is 19.6. The molecule has 0 amide bonds. The van der Waals surface area contributed by atoms with Crippen LogP contribution < -0.4 is 9.64 Å². The molecule has 2 aromatic heterocycles. The van der Waals surface area contributed by atoms with Crippen LogP contribution in [-0.4, -0.2) is 58.2 Å². The fraction of sp³-hybridized carbons (Fsp3) is 0.469. The van der Waals surface area contributed by atoms with Gasteiger partial charge in [0.05, 0.1) is 15.9 Å². The summed E-state index contributed by atoms with van der Waals surface area (Å²) in [5.74, 6) is 1.57. The molecule has 5 heterocycles. The zero-order valence-corrected chi connectivity index (χ0v) is 23.3. The number of anilines is 1. The number of fused-ring (bicyclic) bond motifs is 5. The van der Waals surface area contributed by atoms with Crippen LogP contribution in [0.1, 0.15) is 44.9 Å². The third kappa shape index (κ3) is 3.96. The Morgan fingerprint density at radius 1 is 0.975 bits per heavy atom. The molecule has 4 aliphatic rings. The molecule has 206 valence electrons. The van der Waals surface area contributed by atoms with E-state index in [-0.39, 0.29) is 22.8 Å². The molecule has 3 aliphatic heterocycles. The SMILES string of the molecule is Fc1c(-c2c(Cl)ccc3ccccc23)ncc2c(N3CC4CCC(C4)C3)nc(OCC34CCCN3CCC4)nc12. The predicted octanol–water partition coefficient (Wildman–Crippen LogP) is 6.88. The second-order valence-electron chi connectivity index (χ2n) is 12.3. The maximum absolute atomic E-state index is 16.6. The van der Waals surface area contributed by atoms with Crippen molar-refractivity contribution in [3.8, 4) is 17.3 Å². The van der Waals surface area contributed by atoms with Crippen molar-refractivity contribution in [2.45, 2.75) is 50.5 Å². The standard InChI is InChI=1S/C32H33ClFN5O/c33-25-10-9-22-5-1-2-6-23(22)26(25)29-27(34)28-24(16-35-29)30(38-17-20-7-8-21(15-20)18-38)37-31(36-28)40-19-32-11-3-13-39(32)14-4-12-32/h1-2,5-6,9-10,16,20-21H,3-4,7-8,11-15,17-19H2. The van der Waals surface area contributed by atoms with E-state index in [1.807, 2.05) is 36.4 Å². The topological polar surface area (TPSA) is 54.4 Å². The summed E-state index contributed by atoms with van der Waals surface area (Å²) in [4.78, 5) is 19.2. The van der Waals surface area contributed by atoms with Crippen molar-refractivity contribution in [2.24, 2.45) is 11.8 Å². The fourth-order valence-corrected chi connectivity index (χ4v) is 8.28. The number of ether oxygens (including phenoxy) is 1. The Morgan fingerprint density at radius 2 is 1.75 bits per heavy atom. The van der Waals surface area contributed by atoms with E-state index >= 15 is 4.39 Å². The van der Waals surface area contributed by atoms with Crippen LogP contribution >= 0.6 is 11.6 Å². The van der Waals surface area contributed by atoms with Gasteiger partial charge in [0.1, 0.15) is 23.6 Å². The van der Waals surface area contributed by atoms with Gasteiger partial charge in [0.2, 0.25) is 0 Å². The molecule has 4 fully saturated rings. The van der Waals surface area contributed by atoms with Gasteiger partial charge in [0.15, 0.2) is 5.82 Å². The van der Waals surface area contributed by atoms with Crippen molar-refractivity contribution in [2.75, 3.05) is 37.7 Å². The molecule has 1 saturated carbocycles. The molecular formula is C32H33ClFN5O. The number of pyridine rings is 1. The van der Waals surface area contributed by atoms with Crippen molar-refractivity contribution in [1.82, 2.24) is 19.9 Å². The van der Waals surface area contributed by atoms with Gasteiger partial charge in [-0.25, -0.2) is 4.39 Å². The number of hydrogen-bond donors (Lipinski definition) is 0.